The van der Waals surface area contributed by atoms with Gasteiger partial charge in [0.1, 0.15) is 0 Å². The molecule has 0 unspecified atom stereocenters. The minimum absolute atomic E-state index is 0.224. The number of rotatable bonds is 1. The number of carbonyl (C=O) groups is 1. The molecule has 3 nitrogen and oxygen atoms in total. The van der Waals surface area contributed by atoms with Gasteiger partial charge in [-0.2, -0.15) is 0 Å². The number of urea groups is 1. The Labute approximate surface area is 88.5 Å². The first-order valence-electron chi connectivity index (χ1n) is 4.30. The maximum absolute atomic E-state index is 11.1. The van der Waals surface area contributed by atoms with E-state index in [4.69, 9.17) is 11.6 Å². The Hall–Kier alpha value is -1.22. The summed E-state index contributed by atoms with van der Waals surface area (Å²) in [6, 6.07) is 3.41. The van der Waals surface area contributed by atoms with Crippen molar-refractivity contribution in [1.29, 1.82) is 0 Å². The Morgan fingerprint density at radius 2 is 1.79 bits per heavy atom. The second-order valence-electron chi connectivity index (χ2n) is 3.12. The number of nitrogens with one attached hydrogen (secondary N) is 2. The van der Waals surface area contributed by atoms with E-state index < -0.39 is 0 Å². The van der Waals surface area contributed by atoms with Crippen molar-refractivity contribution < 1.29 is 4.79 Å². The molecule has 14 heavy (non-hydrogen) atoms. The number of anilines is 1. The highest BCUT2D eigenvalue weighted by atomic mass is 35.5. The fourth-order valence-electron chi connectivity index (χ4n) is 1.28. The molecule has 0 aromatic heterocycles. The van der Waals surface area contributed by atoms with Crippen molar-refractivity contribution in [2.24, 2.45) is 0 Å². The second-order valence-corrected chi connectivity index (χ2v) is 3.56. The zero-order chi connectivity index (χ0) is 10.7. The standard InChI is InChI=1S/C10H13ClN2O/c1-6-4-8(11)5-7(2)9(6)13-10(14)12-3/h4-5H,1-3H3,(H2,12,13,14). The van der Waals surface area contributed by atoms with Crippen molar-refractivity contribution in [3.05, 3.63) is 28.3 Å². The van der Waals surface area contributed by atoms with Gasteiger partial charge in [-0.15, -0.1) is 0 Å². The molecule has 2 amide bonds. The van der Waals surface area contributed by atoms with Gasteiger partial charge >= 0.3 is 6.03 Å². The maximum atomic E-state index is 11.1. The summed E-state index contributed by atoms with van der Waals surface area (Å²) in [6.07, 6.45) is 0. The number of carbonyl (C=O) groups excluding carboxylic acids is 1. The van der Waals surface area contributed by atoms with Crippen molar-refractivity contribution in [3.8, 4) is 0 Å². The minimum atomic E-state index is -0.224. The molecule has 0 aliphatic carbocycles. The van der Waals surface area contributed by atoms with Gasteiger partial charge in [-0.25, -0.2) is 4.79 Å². The Balaban J connectivity index is 3.02. The summed E-state index contributed by atoms with van der Waals surface area (Å²) in [7, 11) is 1.58. The molecule has 0 fully saturated rings. The first-order valence-corrected chi connectivity index (χ1v) is 4.68. The quantitative estimate of drug-likeness (QED) is 0.739. The van der Waals surface area contributed by atoms with Gasteiger partial charge < -0.3 is 10.6 Å². The van der Waals surface area contributed by atoms with Crippen LogP contribution in [-0.2, 0) is 0 Å². The van der Waals surface area contributed by atoms with Gasteiger partial charge in [-0.1, -0.05) is 11.6 Å². The van der Waals surface area contributed by atoms with Crippen LogP contribution in [0.4, 0.5) is 10.5 Å². The molecule has 1 aromatic rings. The number of hydrogen-bond acceptors (Lipinski definition) is 1. The lowest BCUT2D eigenvalue weighted by Gasteiger charge is -2.11. The molecule has 4 heteroatoms. The SMILES string of the molecule is CNC(=O)Nc1c(C)cc(Cl)cc1C. The van der Waals surface area contributed by atoms with E-state index in [2.05, 4.69) is 10.6 Å². The van der Waals surface area contributed by atoms with E-state index in [1.54, 1.807) is 7.05 Å². The van der Waals surface area contributed by atoms with E-state index >= 15 is 0 Å². The van der Waals surface area contributed by atoms with Crippen LogP contribution in [0.25, 0.3) is 0 Å². The van der Waals surface area contributed by atoms with Gasteiger partial charge in [-0.3, -0.25) is 0 Å². The lowest BCUT2D eigenvalue weighted by atomic mass is 10.1. The molecular weight excluding hydrogens is 200 g/mol. The largest absolute Gasteiger partial charge is 0.341 e. The van der Waals surface area contributed by atoms with Gasteiger partial charge in [-0.05, 0) is 37.1 Å². The Kier molecular flexibility index (Phi) is 3.36. The van der Waals surface area contributed by atoms with E-state index in [9.17, 15) is 4.79 Å². The normalized spacial score (nSPS) is 9.71. The smallest absolute Gasteiger partial charge is 0.318 e. The number of aryl methyl sites for hydroxylation is 2. The van der Waals surface area contributed by atoms with Crippen molar-refractivity contribution in [1.82, 2.24) is 5.32 Å². The fraction of sp³-hybridized carbons (Fsp3) is 0.300. The zero-order valence-electron chi connectivity index (χ0n) is 8.44. The summed E-state index contributed by atoms with van der Waals surface area (Å²) < 4.78 is 0. The highest BCUT2D eigenvalue weighted by Gasteiger charge is 2.06. The van der Waals surface area contributed by atoms with Crippen molar-refractivity contribution in [3.63, 3.8) is 0 Å². The molecule has 0 spiro atoms. The maximum Gasteiger partial charge on any atom is 0.318 e. The van der Waals surface area contributed by atoms with Gasteiger partial charge in [0.2, 0.25) is 0 Å². The van der Waals surface area contributed by atoms with Crippen LogP contribution in [0, 0.1) is 13.8 Å². The van der Waals surface area contributed by atoms with Crippen LogP contribution in [0.3, 0.4) is 0 Å². The van der Waals surface area contributed by atoms with Crippen molar-refractivity contribution >= 4 is 23.3 Å². The van der Waals surface area contributed by atoms with Crippen LogP contribution in [0.2, 0.25) is 5.02 Å². The zero-order valence-corrected chi connectivity index (χ0v) is 9.20. The molecule has 0 heterocycles. The number of amides is 2. The Morgan fingerprint density at radius 3 is 2.21 bits per heavy atom. The molecule has 0 bridgehead atoms. The van der Waals surface area contributed by atoms with Crippen LogP contribution < -0.4 is 10.6 Å². The van der Waals surface area contributed by atoms with Gasteiger partial charge in [0.05, 0.1) is 0 Å². The molecule has 2 N–H and O–H groups in total. The third-order valence-electron chi connectivity index (χ3n) is 1.96. The summed E-state index contributed by atoms with van der Waals surface area (Å²) >= 11 is 5.86. The van der Waals surface area contributed by atoms with E-state index in [1.165, 1.54) is 0 Å². The molecule has 0 atom stereocenters. The molecular formula is C10H13ClN2O. The van der Waals surface area contributed by atoms with Crippen LogP contribution in [-0.4, -0.2) is 13.1 Å². The molecule has 0 saturated carbocycles. The molecule has 0 saturated heterocycles. The van der Waals surface area contributed by atoms with Gasteiger partial charge in [0.15, 0.2) is 0 Å². The molecule has 0 aliphatic rings. The minimum Gasteiger partial charge on any atom is -0.341 e. The lowest BCUT2D eigenvalue weighted by Crippen LogP contribution is -2.25. The summed E-state index contributed by atoms with van der Waals surface area (Å²) in [4.78, 5) is 11.1. The van der Waals surface area contributed by atoms with Crippen LogP contribution in [0.5, 0.6) is 0 Å². The first-order chi connectivity index (χ1) is 6.54. The predicted molar refractivity (Wildman–Crippen MR) is 59.0 cm³/mol. The lowest BCUT2D eigenvalue weighted by molar-refractivity contribution is 0.254. The van der Waals surface area contributed by atoms with Gasteiger partial charge in [0, 0.05) is 17.8 Å². The third-order valence-corrected chi connectivity index (χ3v) is 2.18. The average molecular weight is 213 g/mol. The average Bonchev–Trinajstić information content (AvgIpc) is 2.10. The third kappa shape index (κ3) is 2.39. The predicted octanol–water partition coefficient (Wildman–Crippen LogP) is 2.71. The topological polar surface area (TPSA) is 41.1 Å². The molecule has 1 aromatic carbocycles. The van der Waals surface area contributed by atoms with Crippen LogP contribution in [0.1, 0.15) is 11.1 Å². The number of hydrogen-bond donors (Lipinski definition) is 2. The highest BCUT2D eigenvalue weighted by molar-refractivity contribution is 6.30. The van der Waals surface area contributed by atoms with Gasteiger partial charge in [0.25, 0.3) is 0 Å². The van der Waals surface area contributed by atoms with Crippen molar-refractivity contribution in [2.75, 3.05) is 12.4 Å². The number of benzene rings is 1. The molecule has 0 radical (unpaired) electrons. The Morgan fingerprint density at radius 1 is 1.29 bits per heavy atom. The second kappa shape index (κ2) is 4.33. The summed E-state index contributed by atoms with van der Waals surface area (Å²) in [5.74, 6) is 0. The van der Waals surface area contributed by atoms with E-state index in [0.717, 1.165) is 16.8 Å². The van der Waals surface area contributed by atoms with Crippen LogP contribution >= 0.6 is 11.6 Å². The monoisotopic (exact) mass is 212 g/mol. The Bertz CT molecular complexity index is 340. The molecule has 0 aliphatic heterocycles. The highest BCUT2D eigenvalue weighted by Crippen LogP contribution is 2.24. The van der Waals surface area contributed by atoms with E-state index in [0.29, 0.717) is 5.02 Å². The van der Waals surface area contributed by atoms with Crippen LogP contribution in [0.15, 0.2) is 12.1 Å². The fourth-order valence-corrected chi connectivity index (χ4v) is 1.61. The van der Waals surface area contributed by atoms with Crippen molar-refractivity contribution in [2.45, 2.75) is 13.8 Å². The summed E-state index contributed by atoms with van der Waals surface area (Å²) in [5.41, 5.74) is 2.73. The summed E-state index contributed by atoms with van der Waals surface area (Å²) in [5, 5.41) is 5.93. The molecule has 76 valence electrons. The molecule has 1 rings (SSSR count). The van der Waals surface area contributed by atoms with E-state index in [-0.39, 0.29) is 6.03 Å². The summed E-state index contributed by atoms with van der Waals surface area (Å²) in [6.45, 7) is 3.81. The number of halogens is 1. The van der Waals surface area contributed by atoms with E-state index in [1.807, 2.05) is 26.0 Å². The first kappa shape index (κ1) is 10.9.